The van der Waals surface area contributed by atoms with Crippen LogP contribution in [0.1, 0.15) is 28.2 Å². The highest BCUT2D eigenvalue weighted by molar-refractivity contribution is 7.94. The van der Waals surface area contributed by atoms with E-state index in [-0.39, 0.29) is 23.2 Å². The van der Waals surface area contributed by atoms with E-state index in [1.54, 1.807) is 67.6 Å². The third-order valence-electron chi connectivity index (χ3n) is 4.88. The first kappa shape index (κ1) is 20.3. The summed E-state index contributed by atoms with van der Waals surface area (Å²) in [6.45, 7) is 1.61. The van der Waals surface area contributed by atoms with Gasteiger partial charge in [0.05, 0.1) is 0 Å². The third-order valence-corrected chi connectivity index (χ3v) is 7.94. The summed E-state index contributed by atoms with van der Waals surface area (Å²) in [5, 5.41) is -1.87. The van der Waals surface area contributed by atoms with E-state index in [1.807, 2.05) is 0 Å². The first-order valence-electron chi connectivity index (χ1n) is 9.17. The Labute approximate surface area is 174 Å². The largest absolute Gasteiger partial charge is 0.290 e. The zero-order valence-electron chi connectivity index (χ0n) is 16.3. The van der Waals surface area contributed by atoms with Gasteiger partial charge in [-0.2, -0.15) is 4.98 Å². The van der Waals surface area contributed by atoms with Crippen LogP contribution in [0.25, 0.3) is 5.69 Å². The molecule has 0 spiro atoms. The Balaban J connectivity index is 2.10. The van der Waals surface area contributed by atoms with Gasteiger partial charge >= 0.3 is 0 Å². The molecule has 2 heterocycles. The molecule has 4 rings (SSSR count). The van der Waals surface area contributed by atoms with Crippen LogP contribution in [-0.4, -0.2) is 45.0 Å². The van der Waals surface area contributed by atoms with E-state index in [4.69, 9.17) is 0 Å². The van der Waals surface area contributed by atoms with E-state index in [1.165, 1.54) is 4.57 Å². The Bertz CT molecular complexity index is 1330. The first-order valence-corrected chi connectivity index (χ1v) is 12.6. The van der Waals surface area contributed by atoms with Crippen molar-refractivity contribution in [1.82, 2.24) is 9.55 Å². The number of rotatable bonds is 4. The monoisotopic (exact) mass is 445 g/mol. The number of sulfonamides is 1. The van der Waals surface area contributed by atoms with Gasteiger partial charge < -0.3 is 0 Å². The van der Waals surface area contributed by atoms with Crippen molar-refractivity contribution in [3.05, 3.63) is 71.9 Å². The molecule has 0 radical (unpaired) electrons. The second-order valence-electron chi connectivity index (χ2n) is 6.87. The van der Waals surface area contributed by atoms with Gasteiger partial charge in [0, 0.05) is 18.5 Å². The summed E-state index contributed by atoms with van der Waals surface area (Å²) >= 11 is 0. The van der Waals surface area contributed by atoms with Crippen molar-refractivity contribution in [1.29, 1.82) is 0 Å². The molecule has 10 heteroatoms. The molecule has 1 unspecified atom stereocenters. The summed E-state index contributed by atoms with van der Waals surface area (Å²) < 4.78 is 53.9. The second kappa shape index (κ2) is 7.06. The number of imidazole rings is 1. The molecule has 0 bridgehead atoms. The Morgan fingerprint density at radius 3 is 2.10 bits per heavy atom. The lowest BCUT2D eigenvalue weighted by Crippen LogP contribution is -2.43. The normalized spacial score (nSPS) is 18.3. The summed E-state index contributed by atoms with van der Waals surface area (Å²) in [4.78, 5) is 17.7. The van der Waals surface area contributed by atoms with Crippen molar-refractivity contribution < 1.29 is 21.6 Å². The molecule has 0 amide bonds. The van der Waals surface area contributed by atoms with Crippen LogP contribution >= 0.6 is 0 Å². The predicted molar refractivity (Wildman–Crippen MR) is 112 cm³/mol. The van der Waals surface area contributed by atoms with Crippen LogP contribution in [0.15, 0.2) is 65.8 Å². The number of ketones is 1. The average Bonchev–Trinajstić information content (AvgIpc) is 3.10. The molecule has 0 N–H and O–H groups in total. The lowest BCUT2D eigenvalue weighted by molar-refractivity contribution is 0.0978. The molecule has 0 aliphatic carbocycles. The van der Waals surface area contributed by atoms with E-state index >= 15 is 0 Å². The summed E-state index contributed by atoms with van der Waals surface area (Å²) in [6, 6.07) is 16.6. The lowest BCUT2D eigenvalue weighted by atomic mass is 10.1. The number of hydrogen-bond acceptors (Lipinski definition) is 6. The fourth-order valence-electron chi connectivity index (χ4n) is 3.64. The molecular weight excluding hydrogens is 426 g/mol. The highest BCUT2D eigenvalue weighted by Gasteiger charge is 2.49. The maximum atomic E-state index is 13.6. The molecule has 1 atom stereocenters. The van der Waals surface area contributed by atoms with Crippen LogP contribution < -0.4 is 4.31 Å². The number of hydrogen-bond donors (Lipinski definition) is 0. The molecule has 0 fully saturated rings. The minimum atomic E-state index is -4.15. The summed E-state index contributed by atoms with van der Waals surface area (Å²) in [7, 11) is -8.02. The minimum Gasteiger partial charge on any atom is -0.290 e. The smallest absolute Gasteiger partial charge is 0.251 e. The zero-order valence-corrected chi connectivity index (χ0v) is 17.9. The number of fused-ring (bicyclic) bond motifs is 1. The van der Waals surface area contributed by atoms with Gasteiger partial charge in [-0.15, -0.1) is 0 Å². The van der Waals surface area contributed by atoms with Crippen LogP contribution in [0.4, 0.5) is 5.82 Å². The number of para-hydroxylation sites is 1. The maximum Gasteiger partial charge on any atom is 0.251 e. The number of anilines is 1. The van der Waals surface area contributed by atoms with E-state index < -0.39 is 30.9 Å². The van der Waals surface area contributed by atoms with E-state index in [9.17, 15) is 21.6 Å². The van der Waals surface area contributed by atoms with Crippen LogP contribution in [0, 0.1) is 0 Å². The van der Waals surface area contributed by atoms with Gasteiger partial charge in [0.2, 0.25) is 20.8 Å². The molecule has 1 aromatic heterocycles. The average molecular weight is 446 g/mol. The quantitative estimate of drug-likeness (QED) is 0.610. The summed E-state index contributed by atoms with van der Waals surface area (Å²) in [5.41, 5.74) is 0.655. The van der Waals surface area contributed by atoms with Gasteiger partial charge in [-0.05, 0) is 24.6 Å². The van der Waals surface area contributed by atoms with Crippen LogP contribution in [0.2, 0.25) is 0 Å². The molecule has 2 aromatic carbocycles. The first-order chi connectivity index (χ1) is 14.2. The van der Waals surface area contributed by atoms with Crippen molar-refractivity contribution in [3.8, 4) is 5.69 Å². The van der Waals surface area contributed by atoms with Crippen molar-refractivity contribution in [3.63, 3.8) is 0 Å². The molecule has 1 aliphatic rings. The van der Waals surface area contributed by atoms with Gasteiger partial charge in [-0.1, -0.05) is 48.5 Å². The van der Waals surface area contributed by atoms with Gasteiger partial charge in [-0.25, -0.2) is 16.8 Å². The Morgan fingerprint density at radius 1 is 1.00 bits per heavy atom. The number of carbonyl (C=O) groups is 1. The summed E-state index contributed by atoms with van der Waals surface area (Å²) in [5.74, 6) is -0.883. The topological polar surface area (TPSA) is 106 Å². The number of aromatic nitrogens is 2. The highest BCUT2D eigenvalue weighted by atomic mass is 32.2. The SMILES string of the molecule is CCN1c2nc(S(C)(=O)=O)n(-c3ccccc3)c2C(=O)C(c2ccccc2)S1(=O)=O. The molecule has 1 aliphatic heterocycles. The van der Waals surface area contributed by atoms with E-state index in [2.05, 4.69) is 4.98 Å². The van der Waals surface area contributed by atoms with Gasteiger partial charge in [-0.3, -0.25) is 13.7 Å². The molecule has 0 saturated heterocycles. The number of carbonyl (C=O) groups excluding carboxylic acids is 1. The van der Waals surface area contributed by atoms with Crippen LogP contribution in [-0.2, 0) is 19.9 Å². The molecule has 156 valence electrons. The van der Waals surface area contributed by atoms with Crippen molar-refractivity contribution in [2.45, 2.75) is 17.3 Å². The van der Waals surface area contributed by atoms with E-state index in [0.717, 1.165) is 10.6 Å². The van der Waals surface area contributed by atoms with Gasteiger partial charge in [0.1, 0.15) is 5.69 Å². The standard InChI is InChI=1S/C20H19N3O5S2/c1-3-22-19-16(17(24)18(30(22,27)28)14-10-6-4-7-11-14)23(15-12-8-5-9-13-15)20(21-19)29(2,25)26/h4-13,18H,3H2,1-2H3. The second-order valence-corrected chi connectivity index (χ2v) is 10.7. The number of Topliss-reactive ketones (excluding diaryl/α,β-unsaturated/α-hetero) is 1. The molecule has 30 heavy (non-hydrogen) atoms. The third kappa shape index (κ3) is 3.03. The Morgan fingerprint density at radius 2 is 1.57 bits per heavy atom. The molecule has 8 nitrogen and oxygen atoms in total. The molecule has 0 saturated carbocycles. The Kier molecular flexibility index (Phi) is 4.78. The van der Waals surface area contributed by atoms with Crippen molar-refractivity contribution >= 4 is 31.5 Å². The van der Waals surface area contributed by atoms with Gasteiger partial charge in [0.15, 0.2) is 11.1 Å². The Hall–Kier alpha value is -2.98. The van der Waals surface area contributed by atoms with Crippen molar-refractivity contribution in [2.24, 2.45) is 0 Å². The van der Waals surface area contributed by atoms with Crippen LogP contribution in [0.5, 0.6) is 0 Å². The fraction of sp³-hybridized carbons (Fsp3) is 0.200. The number of nitrogens with zero attached hydrogens (tertiary/aromatic N) is 3. The number of sulfone groups is 1. The van der Waals surface area contributed by atoms with Crippen LogP contribution in [0.3, 0.4) is 0 Å². The fourth-order valence-corrected chi connectivity index (χ4v) is 6.28. The zero-order chi connectivity index (χ0) is 21.7. The maximum absolute atomic E-state index is 13.6. The molecular formula is C20H19N3O5S2. The summed E-state index contributed by atoms with van der Waals surface area (Å²) in [6.07, 6.45) is 0.976. The van der Waals surface area contributed by atoms with Crippen molar-refractivity contribution in [2.75, 3.05) is 17.1 Å². The highest BCUT2D eigenvalue weighted by Crippen LogP contribution is 2.42. The minimum absolute atomic E-state index is 0.000944. The van der Waals surface area contributed by atoms with E-state index in [0.29, 0.717) is 11.3 Å². The lowest BCUT2D eigenvalue weighted by Gasteiger charge is -2.31. The molecule has 3 aromatic rings. The van der Waals surface area contributed by atoms with Gasteiger partial charge in [0.25, 0.3) is 10.0 Å². The predicted octanol–water partition coefficient (Wildman–Crippen LogP) is 2.37. The number of benzene rings is 2.